The number of aryl methyl sites for hydroxylation is 2. The highest BCUT2D eigenvalue weighted by molar-refractivity contribution is 5.62. The number of nitrogens with zero attached hydrogens (tertiary/aromatic N) is 2. The maximum absolute atomic E-state index is 9.20. The topological polar surface area (TPSA) is 53.0 Å². The minimum absolute atomic E-state index is 0.583. The first-order chi connectivity index (χ1) is 15.7. The molecule has 0 spiro atoms. The van der Waals surface area contributed by atoms with Gasteiger partial charge < -0.3 is 0 Å². The second kappa shape index (κ2) is 13.5. The Bertz CT molecular complexity index is 1060. The number of nitriles is 1. The molecule has 0 unspecified atom stereocenters. The third-order valence-corrected chi connectivity index (χ3v) is 5.26. The van der Waals surface area contributed by atoms with Crippen molar-refractivity contribution in [3.05, 3.63) is 132 Å². The molecule has 0 aliphatic rings. The summed E-state index contributed by atoms with van der Waals surface area (Å²) in [4.78, 5) is 0. The van der Waals surface area contributed by atoms with Gasteiger partial charge in [0.25, 0.3) is 0 Å². The third kappa shape index (κ3) is 8.29. The van der Waals surface area contributed by atoms with E-state index in [1.54, 1.807) is 23.2 Å². The van der Waals surface area contributed by atoms with Gasteiger partial charge in [-0.1, -0.05) is 85.0 Å². The summed E-state index contributed by atoms with van der Waals surface area (Å²) >= 11 is 0. The van der Waals surface area contributed by atoms with Crippen LogP contribution >= 0.6 is 0 Å². The van der Waals surface area contributed by atoms with E-state index in [1.807, 2.05) is 51.1 Å². The number of benzene rings is 2. The molecule has 0 saturated carbocycles. The molecule has 0 saturated heterocycles. The van der Waals surface area contributed by atoms with E-state index in [-0.39, 0.29) is 0 Å². The van der Waals surface area contributed by atoms with Crippen LogP contribution in [-0.4, -0.2) is 0 Å². The molecule has 0 amide bonds. The molecule has 0 atom stereocenters. The zero-order valence-corrected chi connectivity index (χ0v) is 20.5. The average Bonchev–Trinajstić information content (AvgIpc) is 2.83. The van der Waals surface area contributed by atoms with Crippen molar-refractivity contribution in [3.63, 3.8) is 0 Å². The second-order valence-electron chi connectivity index (χ2n) is 7.72. The van der Waals surface area contributed by atoms with Crippen molar-refractivity contribution in [1.82, 2.24) is 0 Å². The zero-order chi connectivity index (χ0) is 25.0. The highest BCUT2D eigenvalue weighted by atomic mass is 15.4. The van der Waals surface area contributed by atoms with Crippen molar-refractivity contribution in [1.29, 1.82) is 5.26 Å². The summed E-state index contributed by atoms with van der Waals surface area (Å²) in [6.07, 6.45) is 7.21. The molecule has 2 aromatic rings. The van der Waals surface area contributed by atoms with Crippen LogP contribution in [0, 0.1) is 25.2 Å². The van der Waals surface area contributed by atoms with Crippen LogP contribution in [0.4, 0.5) is 11.4 Å². The molecule has 0 fully saturated rings. The van der Waals surface area contributed by atoms with Gasteiger partial charge in [-0.15, -0.1) is 0 Å². The molecular weight excluding hydrogens is 402 g/mol. The number of rotatable bonds is 7. The molecule has 33 heavy (non-hydrogen) atoms. The lowest BCUT2D eigenvalue weighted by molar-refractivity contribution is 1.08. The number of nitrogens with two attached hydrogens (primary N) is 1. The summed E-state index contributed by atoms with van der Waals surface area (Å²) in [5.74, 6) is 6.05. The van der Waals surface area contributed by atoms with E-state index in [0.29, 0.717) is 11.1 Å². The van der Waals surface area contributed by atoms with Crippen LogP contribution in [0.5, 0.6) is 0 Å². The van der Waals surface area contributed by atoms with Gasteiger partial charge in [-0.05, 0) is 75.6 Å². The van der Waals surface area contributed by atoms with Crippen LogP contribution in [-0.2, 0) is 0 Å². The van der Waals surface area contributed by atoms with Crippen LogP contribution < -0.4 is 10.9 Å². The predicted octanol–water partition coefficient (Wildman–Crippen LogP) is 7.96. The quantitative estimate of drug-likeness (QED) is 0.207. The van der Waals surface area contributed by atoms with Gasteiger partial charge in [-0.25, -0.2) is 5.84 Å². The normalized spacial score (nSPS) is 11.6. The van der Waals surface area contributed by atoms with Crippen molar-refractivity contribution in [3.8, 4) is 6.07 Å². The molecule has 0 aliphatic carbocycles. The smallest absolute Gasteiger partial charge is 0.100 e. The first-order valence-electron chi connectivity index (χ1n) is 10.8. The molecule has 2 N–H and O–H groups in total. The van der Waals surface area contributed by atoms with Gasteiger partial charge in [0.05, 0.1) is 16.9 Å². The number of allylic oxidation sites excluding steroid dienone is 9. The number of anilines is 2. The Balaban J connectivity index is 0.000000330. The molecule has 170 valence electrons. The summed E-state index contributed by atoms with van der Waals surface area (Å²) in [5.41, 5.74) is 8.44. The van der Waals surface area contributed by atoms with Gasteiger partial charge >= 0.3 is 0 Å². The van der Waals surface area contributed by atoms with E-state index in [4.69, 9.17) is 5.84 Å². The molecule has 0 radical (unpaired) electrons. The third-order valence-electron chi connectivity index (χ3n) is 5.26. The zero-order valence-electron chi connectivity index (χ0n) is 20.5. The SMILES string of the molecule is C=C/C=C\C(=C)C(=C)/C(C#N)=C(C)/C(C)=C/C.Cc1ccc(N(N)c2ccc(C)cc2)cc1. The lowest BCUT2D eigenvalue weighted by Crippen LogP contribution is -2.24. The van der Waals surface area contributed by atoms with E-state index in [1.165, 1.54) is 11.1 Å². The number of hydrogen-bond donors (Lipinski definition) is 1. The molecule has 3 nitrogen and oxygen atoms in total. The van der Waals surface area contributed by atoms with Gasteiger partial charge in [0.2, 0.25) is 0 Å². The summed E-state index contributed by atoms with van der Waals surface area (Å²) in [6.45, 7) is 21.4. The largest absolute Gasteiger partial charge is 0.280 e. The molecule has 3 heteroatoms. The molecule has 0 aromatic heterocycles. The van der Waals surface area contributed by atoms with Gasteiger partial charge in [0.1, 0.15) is 6.07 Å². The molecule has 2 aromatic carbocycles. The van der Waals surface area contributed by atoms with Gasteiger partial charge in [0, 0.05) is 0 Å². The Kier molecular flexibility index (Phi) is 11.1. The lowest BCUT2D eigenvalue weighted by atomic mass is 9.94. The Morgan fingerprint density at radius 3 is 1.76 bits per heavy atom. The van der Waals surface area contributed by atoms with E-state index in [2.05, 4.69) is 63.9 Å². The highest BCUT2D eigenvalue weighted by Gasteiger charge is 2.09. The van der Waals surface area contributed by atoms with Crippen LogP contribution in [0.25, 0.3) is 0 Å². The molecule has 0 bridgehead atoms. The standard InChI is InChI=1S/C16H19N.C14H16N2/c1-7-9-10-13(4)15(6)16(11-17)14(5)12(3)8-2;1-11-3-7-13(8-4-11)16(15)14-9-5-12(2)6-10-14/h7-10H,1,4,6H2,2-3,5H3;3-10H,15H2,1-2H3/b10-9-,12-8+,16-14+;. The van der Waals surface area contributed by atoms with Crippen LogP contribution in [0.3, 0.4) is 0 Å². The monoisotopic (exact) mass is 437 g/mol. The first-order valence-corrected chi connectivity index (χ1v) is 10.8. The van der Waals surface area contributed by atoms with Crippen molar-refractivity contribution in [2.45, 2.75) is 34.6 Å². The minimum atomic E-state index is 0.583. The first kappa shape index (κ1) is 27.2. The van der Waals surface area contributed by atoms with Crippen molar-refractivity contribution < 1.29 is 0 Å². The highest BCUT2D eigenvalue weighted by Crippen LogP contribution is 2.24. The molecule has 2 rings (SSSR count). The van der Waals surface area contributed by atoms with Crippen molar-refractivity contribution in [2.75, 3.05) is 5.01 Å². The van der Waals surface area contributed by atoms with E-state index >= 15 is 0 Å². The molecule has 0 heterocycles. The van der Waals surface area contributed by atoms with Gasteiger partial charge in [-0.2, -0.15) is 5.26 Å². The maximum atomic E-state index is 9.20. The fourth-order valence-electron chi connectivity index (χ4n) is 2.80. The average molecular weight is 438 g/mol. The summed E-state index contributed by atoms with van der Waals surface area (Å²) in [6, 6.07) is 18.5. The summed E-state index contributed by atoms with van der Waals surface area (Å²) in [7, 11) is 0. The van der Waals surface area contributed by atoms with Gasteiger partial charge in [0.15, 0.2) is 0 Å². The van der Waals surface area contributed by atoms with E-state index in [9.17, 15) is 5.26 Å². The van der Waals surface area contributed by atoms with E-state index in [0.717, 1.165) is 28.1 Å². The Hall–Kier alpha value is -3.87. The Labute approximate surface area is 199 Å². The van der Waals surface area contributed by atoms with Crippen molar-refractivity contribution in [2.24, 2.45) is 5.84 Å². The summed E-state index contributed by atoms with van der Waals surface area (Å²) in [5, 5.41) is 10.9. The van der Waals surface area contributed by atoms with Crippen molar-refractivity contribution >= 4 is 11.4 Å². The number of hydrazine groups is 1. The predicted molar refractivity (Wildman–Crippen MR) is 144 cm³/mol. The second-order valence-corrected chi connectivity index (χ2v) is 7.72. The minimum Gasteiger partial charge on any atom is -0.280 e. The Morgan fingerprint density at radius 1 is 0.939 bits per heavy atom. The molecular formula is C30H35N3. The molecule has 0 aliphatic heterocycles. The fraction of sp³-hybridized carbons (Fsp3) is 0.167. The Morgan fingerprint density at radius 2 is 1.39 bits per heavy atom. The number of hydrogen-bond acceptors (Lipinski definition) is 3. The fourth-order valence-corrected chi connectivity index (χ4v) is 2.80. The van der Waals surface area contributed by atoms with E-state index < -0.39 is 0 Å². The van der Waals surface area contributed by atoms with Gasteiger partial charge in [-0.3, -0.25) is 5.01 Å². The van der Waals surface area contributed by atoms with Crippen LogP contribution in [0.15, 0.2) is 120 Å². The maximum Gasteiger partial charge on any atom is 0.100 e. The lowest BCUT2D eigenvalue weighted by Gasteiger charge is -2.19. The summed E-state index contributed by atoms with van der Waals surface area (Å²) < 4.78 is 0. The van der Waals surface area contributed by atoms with Crippen LogP contribution in [0.1, 0.15) is 31.9 Å². The van der Waals surface area contributed by atoms with Crippen LogP contribution in [0.2, 0.25) is 0 Å².